The van der Waals surface area contributed by atoms with Crippen LogP contribution in [-0.2, 0) is 9.53 Å². The fourth-order valence-electron chi connectivity index (χ4n) is 1.13. The highest BCUT2D eigenvalue weighted by Gasteiger charge is 2.01. The van der Waals surface area contributed by atoms with Crippen molar-refractivity contribution in [2.45, 2.75) is 33.6 Å². The number of likely N-dealkylation sites (N-methyl/N-ethyl adjacent to an activating group) is 1. The van der Waals surface area contributed by atoms with Gasteiger partial charge in [0.05, 0.1) is 0 Å². The minimum atomic E-state index is -0.188. The van der Waals surface area contributed by atoms with Gasteiger partial charge in [-0.25, -0.2) is 0 Å². The Morgan fingerprint density at radius 1 is 1.31 bits per heavy atom. The van der Waals surface area contributed by atoms with Crippen LogP contribution < -0.4 is 0 Å². The van der Waals surface area contributed by atoms with Crippen molar-refractivity contribution in [1.82, 2.24) is 4.90 Å². The highest BCUT2D eigenvalue weighted by molar-refractivity contribution is 5.65. The molecule has 0 rings (SSSR count). The first-order chi connectivity index (χ1) is 6.20. The van der Waals surface area contributed by atoms with Crippen LogP contribution in [0.25, 0.3) is 0 Å². The van der Waals surface area contributed by atoms with E-state index in [0.717, 1.165) is 19.6 Å². The summed E-state index contributed by atoms with van der Waals surface area (Å²) in [6.45, 7) is 9.27. The Hall–Kier alpha value is -0.570. The number of carbonyl (C=O) groups excluding carboxylic acids is 1. The van der Waals surface area contributed by atoms with Crippen molar-refractivity contribution in [1.29, 1.82) is 0 Å². The van der Waals surface area contributed by atoms with Gasteiger partial charge in [-0.05, 0) is 19.5 Å². The van der Waals surface area contributed by atoms with Crippen molar-refractivity contribution >= 4 is 5.97 Å². The highest BCUT2D eigenvalue weighted by Crippen LogP contribution is 1.94. The first-order valence-electron chi connectivity index (χ1n) is 5.06. The molecule has 78 valence electrons. The number of hydrogen-bond acceptors (Lipinski definition) is 3. The first-order valence-corrected chi connectivity index (χ1v) is 5.06. The average molecular weight is 187 g/mol. The monoisotopic (exact) mass is 187 g/mol. The number of hydrogen-bond donors (Lipinski definition) is 0. The lowest BCUT2D eigenvalue weighted by atomic mass is 10.3. The van der Waals surface area contributed by atoms with E-state index in [4.69, 9.17) is 4.74 Å². The van der Waals surface area contributed by atoms with Crippen molar-refractivity contribution in [3.8, 4) is 0 Å². The molecule has 0 aliphatic heterocycles. The van der Waals surface area contributed by atoms with E-state index in [1.54, 1.807) is 0 Å². The number of ether oxygens (including phenoxy) is 1. The van der Waals surface area contributed by atoms with E-state index in [2.05, 4.69) is 18.7 Å². The Morgan fingerprint density at radius 2 is 2.00 bits per heavy atom. The predicted molar refractivity (Wildman–Crippen MR) is 53.7 cm³/mol. The predicted octanol–water partition coefficient (Wildman–Crippen LogP) is 1.67. The minimum absolute atomic E-state index is 0.188. The van der Waals surface area contributed by atoms with Crippen LogP contribution in [0.4, 0.5) is 0 Å². The molecule has 0 aliphatic rings. The summed E-state index contributed by atoms with van der Waals surface area (Å²) in [4.78, 5) is 12.8. The topological polar surface area (TPSA) is 29.5 Å². The lowest BCUT2D eigenvalue weighted by Gasteiger charge is -2.19. The summed E-state index contributed by atoms with van der Waals surface area (Å²) in [6, 6.07) is 0. The molecule has 0 saturated heterocycles. The van der Waals surface area contributed by atoms with Crippen LogP contribution in [0.1, 0.15) is 33.6 Å². The van der Waals surface area contributed by atoms with Gasteiger partial charge in [0.2, 0.25) is 0 Å². The summed E-state index contributed by atoms with van der Waals surface area (Å²) in [5, 5.41) is 0. The molecule has 0 aromatic heterocycles. The standard InChI is InChI=1S/C10H21NO2/c1-4-6-7-11(5-2)8-9-13-10(3)12/h4-9H2,1-3H3. The van der Waals surface area contributed by atoms with Crippen LogP contribution in [0.5, 0.6) is 0 Å². The second-order valence-corrected chi connectivity index (χ2v) is 3.13. The van der Waals surface area contributed by atoms with Gasteiger partial charge in [0.15, 0.2) is 0 Å². The highest BCUT2D eigenvalue weighted by atomic mass is 16.5. The molecule has 0 unspecified atom stereocenters. The van der Waals surface area contributed by atoms with E-state index in [1.165, 1.54) is 19.8 Å². The molecular formula is C10H21NO2. The summed E-state index contributed by atoms with van der Waals surface area (Å²) in [6.07, 6.45) is 2.43. The van der Waals surface area contributed by atoms with Crippen molar-refractivity contribution in [3.05, 3.63) is 0 Å². The zero-order chi connectivity index (χ0) is 10.1. The maximum absolute atomic E-state index is 10.5. The van der Waals surface area contributed by atoms with E-state index in [-0.39, 0.29) is 5.97 Å². The van der Waals surface area contributed by atoms with Gasteiger partial charge in [-0.3, -0.25) is 4.79 Å². The molecule has 0 aliphatic carbocycles. The van der Waals surface area contributed by atoms with Gasteiger partial charge in [-0.2, -0.15) is 0 Å². The molecule has 13 heavy (non-hydrogen) atoms. The Morgan fingerprint density at radius 3 is 2.46 bits per heavy atom. The lowest BCUT2D eigenvalue weighted by Crippen LogP contribution is -2.28. The Bertz CT molecular complexity index is 137. The normalized spacial score (nSPS) is 10.5. The van der Waals surface area contributed by atoms with E-state index in [9.17, 15) is 4.79 Å². The van der Waals surface area contributed by atoms with Gasteiger partial charge >= 0.3 is 5.97 Å². The second kappa shape index (κ2) is 8.05. The van der Waals surface area contributed by atoms with Gasteiger partial charge in [-0.15, -0.1) is 0 Å². The number of esters is 1. The van der Waals surface area contributed by atoms with E-state index >= 15 is 0 Å². The molecule has 0 aromatic rings. The SMILES string of the molecule is CCCCN(CC)CCOC(C)=O. The Kier molecular flexibility index (Phi) is 7.69. The quantitative estimate of drug-likeness (QED) is 0.568. The van der Waals surface area contributed by atoms with Crippen LogP contribution in [0, 0.1) is 0 Å². The smallest absolute Gasteiger partial charge is 0.302 e. The molecule has 0 atom stereocenters. The molecule has 0 radical (unpaired) electrons. The van der Waals surface area contributed by atoms with E-state index in [0.29, 0.717) is 6.61 Å². The number of unbranched alkanes of at least 4 members (excludes halogenated alkanes) is 1. The Balaban J connectivity index is 3.41. The summed E-state index contributed by atoms with van der Waals surface area (Å²) in [5.74, 6) is -0.188. The number of rotatable bonds is 7. The molecule has 0 amide bonds. The zero-order valence-electron chi connectivity index (χ0n) is 9.01. The molecule has 0 aromatic carbocycles. The van der Waals surface area contributed by atoms with Gasteiger partial charge in [0.1, 0.15) is 6.61 Å². The fraction of sp³-hybridized carbons (Fsp3) is 0.900. The summed E-state index contributed by atoms with van der Waals surface area (Å²) in [5.41, 5.74) is 0. The number of nitrogens with zero attached hydrogens (tertiary/aromatic N) is 1. The van der Waals surface area contributed by atoms with Crippen LogP contribution in [-0.4, -0.2) is 37.1 Å². The van der Waals surface area contributed by atoms with Gasteiger partial charge in [0.25, 0.3) is 0 Å². The van der Waals surface area contributed by atoms with Gasteiger partial charge in [-0.1, -0.05) is 20.3 Å². The van der Waals surface area contributed by atoms with Gasteiger partial charge in [0, 0.05) is 13.5 Å². The fourth-order valence-corrected chi connectivity index (χ4v) is 1.13. The van der Waals surface area contributed by atoms with Crippen LogP contribution in [0.2, 0.25) is 0 Å². The third-order valence-corrected chi connectivity index (χ3v) is 1.99. The molecule has 3 heteroatoms. The maximum Gasteiger partial charge on any atom is 0.302 e. The molecule has 0 fully saturated rings. The summed E-state index contributed by atoms with van der Waals surface area (Å²) < 4.78 is 4.87. The molecular weight excluding hydrogens is 166 g/mol. The summed E-state index contributed by atoms with van der Waals surface area (Å²) >= 11 is 0. The molecule has 0 bridgehead atoms. The lowest BCUT2D eigenvalue weighted by molar-refractivity contribution is -0.141. The van der Waals surface area contributed by atoms with Crippen LogP contribution >= 0.6 is 0 Å². The third kappa shape index (κ3) is 7.78. The van der Waals surface area contributed by atoms with Crippen LogP contribution in [0.3, 0.4) is 0 Å². The molecule has 0 heterocycles. The average Bonchev–Trinajstić information content (AvgIpc) is 2.10. The zero-order valence-corrected chi connectivity index (χ0v) is 9.01. The molecule has 3 nitrogen and oxygen atoms in total. The first kappa shape index (κ1) is 12.4. The molecule has 0 spiro atoms. The molecule has 0 N–H and O–H groups in total. The van der Waals surface area contributed by atoms with E-state index < -0.39 is 0 Å². The largest absolute Gasteiger partial charge is 0.465 e. The maximum atomic E-state index is 10.5. The van der Waals surface area contributed by atoms with Crippen molar-refractivity contribution in [2.24, 2.45) is 0 Å². The summed E-state index contributed by atoms with van der Waals surface area (Å²) in [7, 11) is 0. The third-order valence-electron chi connectivity index (χ3n) is 1.99. The van der Waals surface area contributed by atoms with Crippen molar-refractivity contribution in [3.63, 3.8) is 0 Å². The van der Waals surface area contributed by atoms with E-state index in [1.807, 2.05) is 0 Å². The van der Waals surface area contributed by atoms with Crippen molar-refractivity contribution < 1.29 is 9.53 Å². The van der Waals surface area contributed by atoms with Crippen LogP contribution in [0.15, 0.2) is 0 Å². The number of carbonyl (C=O) groups is 1. The van der Waals surface area contributed by atoms with Gasteiger partial charge < -0.3 is 9.64 Å². The Labute approximate surface area is 81.1 Å². The van der Waals surface area contributed by atoms with Crippen molar-refractivity contribution in [2.75, 3.05) is 26.2 Å². The molecule has 0 saturated carbocycles. The second-order valence-electron chi connectivity index (χ2n) is 3.13. The minimum Gasteiger partial charge on any atom is -0.465 e.